The van der Waals surface area contributed by atoms with Gasteiger partial charge < -0.3 is 11.1 Å². The normalized spacial score (nSPS) is 12.6. The molecule has 7 heteroatoms. The highest BCUT2D eigenvalue weighted by molar-refractivity contribution is 6.22. The van der Waals surface area contributed by atoms with Gasteiger partial charge in [0, 0.05) is 23.5 Å². The third-order valence-corrected chi connectivity index (χ3v) is 4.48. The van der Waals surface area contributed by atoms with Gasteiger partial charge in [0.1, 0.15) is 0 Å². The van der Waals surface area contributed by atoms with Crippen LogP contribution in [0.25, 0.3) is 0 Å². The minimum atomic E-state index is -0.353. The van der Waals surface area contributed by atoms with Crippen molar-refractivity contribution >= 4 is 41.5 Å². The Bertz CT molecular complexity index is 911. The number of halogens is 1. The van der Waals surface area contributed by atoms with Crippen molar-refractivity contribution in [1.82, 2.24) is 4.90 Å². The summed E-state index contributed by atoms with van der Waals surface area (Å²) in [6, 6.07) is 9.85. The summed E-state index contributed by atoms with van der Waals surface area (Å²) in [5.41, 5.74) is 8.76. The Balaban J connectivity index is 0.00000261. The van der Waals surface area contributed by atoms with Crippen molar-refractivity contribution in [2.45, 2.75) is 26.7 Å². The number of nitrogens with one attached hydrogen (secondary N) is 1. The van der Waals surface area contributed by atoms with Crippen LogP contribution in [-0.2, 0) is 0 Å². The molecule has 0 spiro atoms. The molecule has 0 atom stereocenters. The molecule has 27 heavy (non-hydrogen) atoms. The van der Waals surface area contributed by atoms with E-state index in [9.17, 15) is 14.4 Å². The van der Waals surface area contributed by atoms with Crippen molar-refractivity contribution < 1.29 is 14.4 Å². The number of imide groups is 1. The fraction of sp³-hybridized carbons (Fsp3) is 0.250. The van der Waals surface area contributed by atoms with Crippen LogP contribution in [0.5, 0.6) is 0 Å². The number of nitrogens with zero attached hydrogens (tertiary/aromatic N) is 1. The molecule has 0 aromatic heterocycles. The van der Waals surface area contributed by atoms with Gasteiger partial charge >= 0.3 is 0 Å². The monoisotopic (exact) mass is 387 g/mol. The minimum Gasteiger partial charge on any atom is -0.399 e. The topological polar surface area (TPSA) is 92.5 Å². The van der Waals surface area contributed by atoms with E-state index in [1.165, 1.54) is 11.0 Å². The highest BCUT2D eigenvalue weighted by Gasteiger charge is 2.35. The van der Waals surface area contributed by atoms with Crippen molar-refractivity contribution in [2.75, 3.05) is 17.6 Å². The van der Waals surface area contributed by atoms with Crippen LogP contribution in [0.4, 0.5) is 11.4 Å². The predicted octanol–water partition coefficient (Wildman–Crippen LogP) is 3.65. The first-order chi connectivity index (χ1) is 12.4. The molecule has 6 nitrogen and oxygen atoms in total. The van der Waals surface area contributed by atoms with Gasteiger partial charge in [-0.05, 0) is 49.2 Å². The lowest BCUT2D eigenvalue weighted by molar-refractivity contribution is 0.0652. The van der Waals surface area contributed by atoms with Gasteiger partial charge in [-0.15, -0.1) is 12.4 Å². The van der Waals surface area contributed by atoms with Crippen molar-refractivity contribution in [2.24, 2.45) is 0 Å². The molecule has 1 aliphatic rings. The summed E-state index contributed by atoms with van der Waals surface area (Å²) in [6.07, 6.45) is 1.65. The number of carbonyl (C=O) groups is 3. The van der Waals surface area contributed by atoms with Crippen molar-refractivity contribution in [3.8, 4) is 0 Å². The Hall–Kier alpha value is -2.86. The zero-order chi connectivity index (χ0) is 18.8. The van der Waals surface area contributed by atoms with Crippen LogP contribution < -0.4 is 11.1 Å². The quantitative estimate of drug-likeness (QED) is 0.605. The van der Waals surface area contributed by atoms with E-state index in [4.69, 9.17) is 5.73 Å². The first kappa shape index (κ1) is 20.5. The van der Waals surface area contributed by atoms with Crippen molar-refractivity contribution in [1.29, 1.82) is 0 Å². The second-order valence-electron chi connectivity index (χ2n) is 6.40. The van der Waals surface area contributed by atoms with Gasteiger partial charge in [-0.25, -0.2) is 0 Å². The average molecular weight is 388 g/mol. The van der Waals surface area contributed by atoms with E-state index < -0.39 is 0 Å². The molecule has 3 rings (SSSR count). The summed E-state index contributed by atoms with van der Waals surface area (Å²) < 4.78 is 0. The molecule has 142 valence electrons. The maximum Gasteiger partial charge on any atom is 0.261 e. The Labute approximate surface area is 164 Å². The molecular formula is C20H22ClN3O3. The molecule has 0 unspecified atom stereocenters. The first-order valence-electron chi connectivity index (χ1n) is 8.60. The molecule has 0 bridgehead atoms. The maximum atomic E-state index is 12.6. The molecule has 0 saturated carbocycles. The Morgan fingerprint density at radius 3 is 2.48 bits per heavy atom. The molecule has 0 saturated heterocycles. The number of nitrogens with two attached hydrogens (primary N) is 1. The van der Waals surface area contributed by atoms with Crippen LogP contribution in [0.3, 0.4) is 0 Å². The molecule has 2 aromatic rings. The van der Waals surface area contributed by atoms with Crippen LogP contribution >= 0.6 is 12.4 Å². The number of amides is 3. The number of unbranched alkanes of at least 4 members (excludes halogenated alkanes) is 1. The lowest BCUT2D eigenvalue weighted by atomic mass is 10.0. The first-order valence-corrected chi connectivity index (χ1v) is 8.60. The van der Waals surface area contributed by atoms with E-state index in [1.807, 2.05) is 19.9 Å². The van der Waals surface area contributed by atoms with E-state index in [1.54, 1.807) is 24.3 Å². The number of fused-ring (bicyclic) bond motifs is 1. The lowest BCUT2D eigenvalue weighted by Crippen LogP contribution is -2.30. The summed E-state index contributed by atoms with van der Waals surface area (Å²) in [6.45, 7) is 4.26. The van der Waals surface area contributed by atoms with E-state index in [0.717, 1.165) is 18.4 Å². The molecule has 2 aromatic carbocycles. The van der Waals surface area contributed by atoms with Gasteiger partial charge in [-0.3, -0.25) is 19.3 Å². The molecule has 0 aliphatic carbocycles. The minimum absolute atomic E-state index is 0. The number of nitrogen functional groups attached to an aromatic ring is 1. The standard InChI is InChI=1S/C20H21N3O3.ClH/c1-3-4-9-23-19(25)15-8-6-13(10-16(15)20(23)26)18(24)22-17-11-14(21)7-5-12(17)2;/h5-8,10-11H,3-4,9,21H2,1-2H3,(H,22,24);1H. The number of benzene rings is 2. The van der Waals surface area contributed by atoms with E-state index in [-0.39, 0.29) is 35.7 Å². The number of carbonyl (C=O) groups excluding carboxylic acids is 3. The zero-order valence-corrected chi connectivity index (χ0v) is 16.1. The molecule has 1 aliphatic heterocycles. The van der Waals surface area contributed by atoms with Crippen LogP contribution in [0, 0.1) is 6.92 Å². The molecule has 0 fully saturated rings. The second kappa shape index (κ2) is 8.22. The van der Waals surface area contributed by atoms with Crippen molar-refractivity contribution in [3.05, 3.63) is 58.7 Å². The highest BCUT2D eigenvalue weighted by atomic mass is 35.5. The smallest absolute Gasteiger partial charge is 0.261 e. The number of aryl methyl sites for hydroxylation is 1. The Kier molecular flexibility index (Phi) is 6.23. The summed E-state index contributed by atoms with van der Waals surface area (Å²) in [7, 11) is 0. The van der Waals surface area contributed by atoms with Gasteiger partial charge in [0.05, 0.1) is 11.1 Å². The molecule has 3 N–H and O–H groups in total. The van der Waals surface area contributed by atoms with E-state index in [0.29, 0.717) is 29.0 Å². The van der Waals surface area contributed by atoms with Crippen LogP contribution in [0.15, 0.2) is 36.4 Å². The van der Waals surface area contributed by atoms with Gasteiger partial charge in [-0.1, -0.05) is 19.4 Å². The zero-order valence-electron chi connectivity index (χ0n) is 15.2. The Morgan fingerprint density at radius 2 is 1.78 bits per heavy atom. The van der Waals surface area contributed by atoms with E-state index in [2.05, 4.69) is 5.32 Å². The predicted molar refractivity (Wildman–Crippen MR) is 108 cm³/mol. The fourth-order valence-corrected chi connectivity index (χ4v) is 2.92. The third kappa shape index (κ3) is 3.95. The fourth-order valence-electron chi connectivity index (χ4n) is 2.92. The van der Waals surface area contributed by atoms with Gasteiger partial charge in [0.2, 0.25) is 0 Å². The molecular weight excluding hydrogens is 366 g/mol. The summed E-state index contributed by atoms with van der Waals surface area (Å²) in [5.74, 6) is -0.987. The second-order valence-corrected chi connectivity index (χ2v) is 6.40. The van der Waals surface area contributed by atoms with Crippen molar-refractivity contribution in [3.63, 3.8) is 0 Å². The summed E-state index contributed by atoms with van der Waals surface area (Å²) >= 11 is 0. The lowest BCUT2D eigenvalue weighted by Gasteiger charge is -2.12. The number of hydrogen-bond donors (Lipinski definition) is 2. The number of rotatable bonds is 5. The average Bonchev–Trinajstić information content (AvgIpc) is 2.86. The summed E-state index contributed by atoms with van der Waals surface area (Å²) in [4.78, 5) is 38.7. The Morgan fingerprint density at radius 1 is 1.07 bits per heavy atom. The highest BCUT2D eigenvalue weighted by Crippen LogP contribution is 2.25. The molecule has 0 radical (unpaired) electrons. The molecule has 3 amide bonds. The van der Waals surface area contributed by atoms with Gasteiger partial charge in [-0.2, -0.15) is 0 Å². The number of hydrogen-bond acceptors (Lipinski definition) is 4. The summed E-state index contributed by atoms with van der Waals surface area (Å²) in [5, 5.41) is 2.80. The largest absolute Gasteiger partial charge is 0.399 e. The number of anilines is 2. The van der Waals surface area contributed by atoms with Gasteiger partial charge in [0.25, 0.3) is 17.7 Å². The van der Waals surface area contributed by atoms with Crippen LogP contribution in [0.2, 0.25) is 0 Å². The van der Waals surface area contributed by atoms with Crippen LogP contribution in [-0.4, -0.2) is 29.2 Å². The molecule has 1 heterocycles. The maximum absolute atomic E-state index is 12.6. The SMILES string of the molecule is CCCCN1C(=O)c2ccc(C(=O)Nc3cc(N)ccc3C)cc2C1=O.Cl. The van der Waals surface area contributed by atoms with Crippen LogP contribution in [0.1, 0.15) is 56.4 Å². The third-order valence-electron chi connectivity index (χ3n) is 4.48. The van der Waals surface area contributed by atoms with E-state index >= 15 is 0 Å². The van der Waals surface area contributed by atoms with Gasteiger partial charge in [0.15, 0.2) is 0 Å².